The second kappa shape index (κ2) is 11.9. The molecular formula is C29H32N4O2. The minimum atomic E-state index is -0.512. The molecule has 0 aliphatic heterocycles. The van der Waals surface area contributed by atoms with Crippen LogP contribution in [0.1, 0.15) is 49.3 Å². The van der Waals surface area contributed by atoms with Crippen molar-refractivity contribution in [2.75, 3.05) is 16.4 Å². The van der Waals surface area contributed by atoms with Gasteiger partial charge in [0.05, 0.1) is 11.4 Å². The molecule has 0 spiro atoms. The molecule has 4 rings (SSSR count). The minimum absolute atomic E-state index is 0.0242. The summed E-state index contributed by atoms with van der Waals surface area (Å²) < 4.78 is 0. The molecule has 0 aromatic heterocycles. The van der Waals surface area contributed by atoms with Crippen molar-refractivity contribution in [3.8, 4) is 0 Å². The van der Waals surface area contributed by atoms with Crippen LogP contribution in [0, 0.1) is 0 Å². The Morgan fingerprint density at radius 2 is 1.54 bits per heavy atom. The lowest BCUT2D eigenvalue weighted by Crippen LogP contribution is -2.41. The van der Waals surface area contributed by atoms with Crippen LogP contribution >= 0.6 is 0 Å². The standard InChI is InChI=1S/C29H32N4O2/c30-25-13-7-8-14-26(25)33-27(34)20-17-21-15-18-22(19-16-21)28(31-23-9-3-1-4-10-23)29(35)32-24-11-5-2-6-12-24/h1,3-4,7-10,13-20,24,28,31H,2,5-6,11-12,30H2,(H,32,35)(H,33,34)/b20-17+. The Bertz CT molecular complexity index is 1150. The van der Waals surface area contributed by atoms with Crippen molar-refractivity contribution < 1.29 is 9.59 Å². The monoisotopic (exact) mass is 468 g/mol. The van der Waals surface area contributed by atoms with Gasteiger partial charge >= 0.3 is 0 Å². The lowest BCUT2D eigenvalue weighted by Gasteiger charge is -2.26. The smallest absolute Gasteiger partial charge is 0.248 e. The second-order valence-electron chi connectivity index (χ2n) is 8.86. The fraction of sp³-hybridized carbons (Fsp3) is 0.241. The maximum absolute atomic E-state index is 13.3. The molecule has 2 amide bonds. The van der Waals surface area contributed by atoms with E-state index in [4.69, 9.17) is 5.73 Å². The number of benzene rings is 3. The molecule has 6 nitrogen and oxygen atoms in total. The van der Waals surface area contributed by atoms with Gasteiger partial charge in [-0.25, -0.2) is 0 Å². The van der Waals surface area contributed by atoms with Gasteiger partial charge in [-0.1, -0.05) is 73.9 Å². The molecule has 3 aromatic carbocycles. The van der Waals surface area contributed by atoms with E-state index in [0.29, 0.717) is 11.4 Å². The summed E-state index contributed by atoms with van der Waals surface area (Å²) in [7, 11) is 0. The molecule has 6 heteroatoms. The zero-order chi connectivity index (χ0) is 24.5. The van der Waals surface area contributed by atoms with Crippen LogP contribution in [-0.2, 0) is 9.59 Å². The summed E-state index contributed by atoms with van der Waals surface area (Å²) in [4.78, 5) is 25.5. The maximum atomic E-state index is 13.3. The van der Waals surface area contributed by atoms with E-state index in [1.54, 1.807) is 18.2 Å². The molecule has 1 fully saturated rings. The van der Waals surface area contributed by atoms with Gasteiger partial charge in [-0.2, -0.15) is 0 Å². The molecule has 35 heavy (non-hydrogen) atoms. The van der Waals surface area contributed by atoms with E-state index in [1.807, 2.05) is 66.7 Å². The summed E-state index contributed by atoms with van der Waals surface area (Å²) in [5.41, 5.74) is 9.58. The van der Waals surface area contributed by atoms with Gasteiger partial charge < -0.3 is 21.7 Å². The van der Waals surface area contributed by atoms with Crippen molar-refractivity contribution in [3.05, 3.63) is 96.1 Å². The molecule has 3 aromatic rings. The van der Waals surface area contributed by atoms with Crippen LogP contribution in [-0.4, -0.2) is 17.9 Å². The van der Waals surface area contributed by atoms with E-state index < -0.39 is 6.04 Å². The van der Waals surface area contributed by atoms with Crippen LogP contribution in [0.3, 0.4) is 0 Å². The zero-order valence-corrected chi connectivity index (χ0v) is 19.7. The van der Waals surface area contributed by atoms with E-state index in [1.165, 1.54) is 12.5 Å². The Kier molecular flexibility index (Phi) is 8.17. The van der Waals surface area contributed by atoms with Crippen LogP contribution in [0.4, 0.5) is 17.1 Å². The normalized spacial score (nSPS) is 14.9. The highest BCUT2D eigenvalue weighted by molar-refractivity contribution is 6.03. The van der Waals surface area contributed by atoms with Gasteiger partial charge in [-0.05, 0) is 54.3 Å². The van der Waals surface area contributed by atoms with Crippen molar-refractivity contribution >= 4 is 35.0 Å². The average Bonchev–Trinajstić information content (AvgIpc) is 2.89. The predicted octanol–water partition coefficient (Wildman–Crippen LogP) is 5.52. The summed E-state index contributed by atoms with van der Waals surface area (Å²) in [6.07, 6.45) is 8.83. The van der Waals surface area contributed by atoms with Gasteiger partial charge in [0.25, 0.3) is 0 Å². The summed E-state index contributed by atoms with van der Waals surface area (Å²) in [5, 5.41) is 9.40. The van der Waals surface area contributed by atoms with E-state index in [2.05, 4.69) is 16.0 Å². The first-order chi connectivity index (χ1) is 17.1. The molecule has 180 valence electrons. The summed E-state index contributed by atoms with van der Waals surface area (Å²) in [5.74, 6) is -0.286. The number of amides is 2. The number of rotatable bonds is 8. The molecule has 0 bridgehead atoms. The van der Waals surface area contributed by atoms with E-state index in [-0.39, 0.29) is 17.9 Å². The number of nitrogen functional groups attached to an aromatic ring is 1. The van der Waals surface area contributed by atoms with Crippen molar-refractivity contribution in [1.29, 1.82) is 0 Å². The van der Waals surface area contributed by atoms with Gasteiger partial charge in [0.1, 0.15) is 6.04 Å². The van der Waals surface area contributed by atoms with Gasteiger partial charge in [-0.3, -0.25) is 9.59 Å². The topological polar surface area (TPSA) is 96.2 Å². The summed E-state index contributed by atoms with van der Waals surface area (Å²) in [6.45, 7) is 0. The lowest BCUT2D eigenvalue weighted by atomic mass is 9.94. The van der Waals surface area contributed by atoms with Crippen molar-refractivity contribution in [2.45, 2.75) is 44.2 Å². The number of nitrogens with two attached hydrogens (primary N) is 1. The lowest BCUT2D eigenvalue weighted by molar-refractivity contribution is -0.122. The summed E-state index contributed by atoms with van der Waals surface area (Å²) >= 11 is 0. The van der Waals surface area contributed by atoms with Crippen molar-refractivity contribution in [3.63, 3.8) is 0 Å². The van der Waals surface area contributed by atoms with Gasteiger partial charge in [0, 0.05) is 17.8 Å². The Morgan fingerprint density at radius 3 is 2.26 bits per heavy atom. The van der Waals surface area contributed by atoms with E-state index >= 15 is 0 Å². The van der Waals surface area contributed by atoms with Crippen LogP contribution in [0.25, 0.3) is 6.08 Å². The molecule has 5 N–H and O–H groups in total. The van der Waals surface area contributed by atoms with Gasteiger partial charge in [0.15, 0.2) is 0 Å². The van der Waals surface area contributed by atoms with Crippen LogP contribution < -0.4 is 21.7 Å². The highest BCUT2D eigenvalue weighted by Crippen LogP contribution is 2.23. The minimum Gasteiger partial charge on any atom is -0.397 e. The number of hydrogen-bond acceptors (Lipinski definition) is 4. The number of carbonyl (C=O) groups is 2. The zero-order valence-electron chi connectivity index (χ0n) is 19.7. The predicted molar refractivity (Wildman–Crippen MR) is 143 cm³/mol. The third-order valence-electron chi connectivity index (χ3n) is 6.21. The first-order valence-corrected chi connectivity index (χ1v) is 12.1. The molecule has 1 atom stereocenters. The molecule has 1 aliphatic carbocycles. The molecule has 0 saturated heterocycles. The molecule has 0 radical (unpaired) electrons. The Hall–Kier alpha value is -4.06. The first kappa shape index (κ1) is 24.1. The van der Waals surface area contributed by atoms with E-state index in [0.717, 1.165) is 42.5 Å². The largest absolute Gasteiger partial charge is 0.397 e. The summed E-state index contributed by atoms with van der Waals surface area (Å²) in [6, 6.07) is 24.3. The van der Waals surface area contributed by atoms with Gasteiger partial charge in [-0.15, -0.1) is 0 Å². The maximum Gasteiger partial charge on any atom is 0.248 e. The molecular weight excluding hydrogens is 436 g/mol. The number of nitrogens with one attached hydrogen (secondary N) is 3. The van der Waals surface area contributed by atoms with Crippen molar-refractivity contribution in [1.82, 2.24) is 5.32 Å². The Morgan fingerprint density at radius 1 is 0.857 bits per heavy atom. The first-order valence-electron chi connectivity index (χ1n) is 12.1. The molecule has 1 saturated carbocycles. The van der Waals surface area contributed by atoms with Crippen LogP contribution in [0.5, 0.6) is 0 Å². The Balaban J connectivity index is 1.45. The third kappa shape index (κ3) is 6.96. The highest BCUT2D eigenvalue weighted by Gasteiger charge is 2.24. The second-order valence-corrected chi connectivity index (χ2v) is 8.86. The quantitative estimate of drug-likeness (QED) is 0.258. The van der Waals surface area contributed by atoms with Gasteiger partial charge in [0.2, 0.25) is 11.8 Å². The Labute approximate surface area is 206 Å². The van der Waals surface area contributed by atoms with E-state index in [9.17, 15) is 9.59 Å². The van der Waals surface area contributed by atoms with Crippen molar-refractivity contribution in [2.24, 2.45) is 0 Å². The molecule has 1 aliphatic rings. The van der Waals surface area contributed by atoms with Crippen LogP contribution in [0.15, 0.2) is 84.9 Å². The number of para-hydroxylation sites is 3. The average molecular weight is 469 g/mol. The third-order valence-corrected chi connectivity index (χ3v) is 6.21. The number of carbonyl (C=O) groups excluding carboxylic acids is 2. The number of hydrogen-bond donors (Lipinski definition) is 4. The number of anilines is 3. The molecule has 0 heterocycles. The fourth-order valence-electron chi connectivity index (χ4n) is 4.29. The fourth-order valence-corrected chi connectivity index (χ4v) is 4.29. The van der Waals surface area contributed by atoms with Crippen LogP contribution in [0.2, 0.25) is 0 Å². The SMILES string of the molecule is Nc1ccccc1NC(=O)/C=C/c1ccc(C(Nc2ccccc2)C(=O)NC2CCCCC2)cc1. The molecule has 1 unspecified atom stereocenters. The highest BCUT2D eigenvalue weighted by atomic mass is 16.2.